The van der Waals surface area contributed by atoms with Crippen LogP contribution in [0.2, 0.25) is 0 Å². The molecule has 0 bridgehead atoms. The maximum atomic E-state index is 12.9. The Balaban J connectivity index is 1.42. The molecule has 25 heavy (non-hydrogen) atoms. The molecule has 1 heterocycles. The molecule has 1 amide bonds. The molecule has 0 saturated carbocycles. The van der Waals surface area contributed by atoms with Crippen LogP contribution in [0.3, 0.4) is 0 Å². The number of hydrogen-bond acceptors (Lipinski definition) is 3. The van der Waals surface area contributed by atoms with Gasteiger partial charge in [-0.05, 0) is 61.2 Å². The van der Waals surface area contributed by atoms with Gasteiger partial charge in [0.2, 0.25) is 5.91 Å². The molecule has 132 valence electrons. The van der Waals surface area contributed by atoms with Crippen molar-refractivity contribution in [2.45, 2.75) is 25.3 Å². The Morgan fingerprint density at radius 2 is 1.72 bits per heavy atom. The van der Waals surface area contributed by atoms with E-state index in [1.54, 1.807) is 12.1 Å². The average molecular weight is 341 g/mol. The highest BCUT2D eigenvalue weighted by Gasteiger charge is 2.18. The van der Waals surface area contributed by atoms with Crippen molar-refractivity contribution in [3.63, 3.8) is 0 Å². The van der Waals surface area contributed by atoms with Gasteiger partial charge in [0.05, 0.1) is 0 Å². The SMILES string of the molecule is NC(=O)c1ccc(NC2CCN(CCc3ccc(F)cc3)CC2)cc1. The second kappa shape index (κ2) is 8.12. The van der Waals surface area contributed by atoms with E-state index in [0.29, 0.717) is 11.6 Å². The quantitative estimate of drug-likeness (QED) is 0.849. The van der Waals surface area contributed by atoms with Gasteiger partial charge in [0, 0.05) is 36.9 Å². The maximum absolute atomic E-state index is 12.9. The number of primary amides is 1. The minimum Gasteiger partial charge on any atom is -0.382 e. The number of piperidine rings is 1. The first-order chi connectivity index (χ1) is 12.1. The van der Waals surface area contributed by atoms with Crippen LogP contribution < -0.4 is 11.1 Å². The first-order valence-corrected chi connectivity index (χ1v) is 8.73. The number of likely N-dealkylation sites (tertiary alicyclic amines) is 1. The summed E-state index contributed by atoms with van der Waals surface area (Å²) in [5.74, 6) is -0.583. The second-order valence-electron chi connectivity index (χ2n) is 6.58. The molecule has 1 aliphatic rings. The van der Waals surface area contributed by atoms with Gasteiger partial charge in [-0.2, -0.15) is 0 Å². The molecule has 4 nitrogen and oxygen atoms in total. The van der Waals surface area contributed by atoms with Gasteiger partial charge >= 0.3 is 0 Å². The Bertz CT molecular complexity index is 692. The highest BCUT2D eigenvalue weighted by atomic mass is 19.1. The van der Waals surface area contributed by atoms with Crippen LogP contribution in [0, 0.1) is 5.82 Å². The summed E-state index contributed by atoms with van der Waals surface area (Å²) in [7, 11) is 0. The molecule has 3 rings (SSSR count). The highest BCUT2D eigenvalue weighted by Crippen LogP contribution is 2.17. The molecule has 5 heteroatoms. The summed E-state index contributed by atoms with van der Waals surface area (Å²) >= 11 is 0. The molecule has 3 N–H and O–H groups in total. The third-order valence-corrected chi connectivity index (χ3v) is 4.76. The standard InChI is InChI=1S/C20H24FN3O/c21-17-5-1-15(2-6-17)9-12-24-13-10-19(11-14-24)23-18-7-3-16(4-8-18)20(22)25/h1-8,19,23H,9-14H2,(H2,22,25). The second-order valence-corrected chi connectivity index (χ2v) is 6.58. The summed E-state index contributed by atoms with van der Waals surface area (Å²) in [6.07, 6.45) is 3.12. The van der Waals surface area contributed by atoms with Gasteiger partial charge < -0.3 is 16.0 Å². The van der Waals surface area contributed by atoms with Crippen LogP contribution in [0.1, 0.15) is 28.8 Å². The molecular weight excluding hydrogens is 317 g/mol. The first-order valence-electron chi connectivity index (χ1n) is 8.73. The summed E-state index contributed by atoms with van der Waals surface area (Å²) < 4.78 is 12.9. The van der Waals surface area contributed by atoms with E-state index >= 15 is 0 Å². The van der Waals surface area contributed by atoms with Crippen molar-refractivity contribution in [2.75, 3.05) is 25.0 Å². The normalized spacial score (nSPS) is 15.9. The van der Waals surface area contributed by atoms with E-state index < -0.39 is 5.91 Å². The van der Waals surface area contributed by atoms with Gasteiger partial charge in [-0.3, -0.25) is 4.79 Å². The van der Waals surface area contributed by atoms with Crippen molar-refractivity contribution in [1.29, 1.82) is 0 Å². The number of benzene rings is 2. The minimum atomic E-state index is -0.402. The van der Waals surface area contributed by atoms with E-state index in [-0.39, 0.29) is 5.82 Å². The number of amides is 1. The van der Waals surface area contributed by atoms with E-state index in [0.717, 1.165) is 44.6 Å². The zero-order valence-corrected chi connectivity index (χ0v) is 14.2. The Morgan fingerprint density at radius 3 is 2.32 bits per heavy atom. The fraction of sp³-hybridized carbons (Fsp3) is 0.350. The largest absolute Gasteiger partial charge is 0.382 e. The van der Waals surface area contributed by atoms with Crippen molar-refractivity contribution in [2.24, 2.45) is 5.73 Å². The lowest BCUT2D eigenvalue weighted by atomic mass is 10.0. The van der Waals surface area contributed by atoms with Crippen molar-refractivity contribution in [3.8, 4) is 0 Å². The third-order valence-electron chi connectivity index (χ3n) is 4.76. The Kier molecular flexibility index (Phi) is 5.66. The molecule has 1 aliphatic heterocycles. The van der Waals surface area contributed by atoms with E-state index in [1.807, 2.05) is 24.3 Å². The average Bonchev–Trinajstić information content (AvgIpc) is 2.63. The molecule has 0 atom stereocenters. The fourth-order valence-corrected chi connectivity index (χ4v) is 3.21. The molecule has 2 aromatic rings. The van der Waals surface area contributed by atoms with Gasteiger partial charge in [-0.1, -0.05) is 12.1 Å². The third kappa shape index (κ3) is 5.03. The zero-order chi connectivity index (χ0) is 17.6. The van der Waals surface area contributed by atoms with E-state index in [4.69, 9.17) is 5.73 Å². The molecule has 2 aromatic carbocycles. The number of nitrogens with zero attached hydrogens (tertiary/aromatic N) is 1. The number of anilines is 1. The smallest absolute Gasteiger partial charge is 0.248 e. The maximum Gasteiger partial charge on any atom is 0.248 e. The molecular formula is C20H24FN3O. The number of hydrogen-bond donors (Lipinski definition) is 2. The summed E-state index contributed by atoms with van der Waals surface area (Å²) in [5.41, 5.74) is 7.99. The predicted octanol–water partition coefficient (Wildman–Crippen LogP) is 3.04. The number of nitrogens with one attached hydrogen (secondary N) is 1. The van der Waals surface area contributed by atoms with Gasteiger partial charge in [0.25, 0.3) is 0 Å². The van der Waals surface area contributed by atoms with Crippen LogP contribution in [0.5, 0.6) is 0 Å². The van der Waals surface area contributed by atoms with Crippen LogP contribution in [-0.2, 0) is 6.42 Å². The van der Waals surface area contributed by atoms with Crippen molar-refractivity contribution < 1.29 is 9.18 Å². The zero-order valence-electron chi connectivity index (χ0n) is 14.2. The summed E-state index contributed by atoms with van der Waals surface area (Å²) in [4.78, 5) is 13.6. The van der Waals surface area contributed by atoms with Gasteiger partial charge in [0.15, 0.2) is 0 Å². The number of rotatable bonds is 6. The number of carbonyl (C=O) groups is 1. The summed E-state index contributed by atoms with van der Waals surface area (Å²) in [6.45, 7) is 3.11. The molecule has 0 spiro atoms. The Labute approximate surface area is 147 Å². The minimum absolute atomic E-state index is 0.181. The van der Waals surface area contributed by atoms with E-state index in [2.05, 4.69) is 10.2 Å². The van der Waals surface area contributed by atoms with Crippen LogP contribution in [0.25, 0.3) is 0 Å². The lowest BCUT2D eigenvalue weighted by molar-refractivity contribution is 0.100. The molecule has 0 radical (unpaired) electrons. The molecule has 1 saturated heterocycles. The number of carbonyl (C=O) groups excluding carboxylic acids is 1. The monoisotopic (exact) mass is 341 g/mol. The lowest BCUT2D eigenvalue weighted by Crippen LogP contribution is -2.40. The van der Waals surface area contributed by atoms with Crippen LogP contribution >= 0.6 is 0 Å². The van der Waals surface area contributed by atoms with Crippen molar-refractivity contribution in [1.82, 2.24) is 4.90 Å². The van der Waals surface area contributed by atoms with Crippen LogP contribution in [0.15, 0.2) is 48.5 Å². The lowest BCUT2D eigenvalue weighted by Gasteiger charge is -2.33. The Morgan fingerprint density at radius 1 is 1.08 bits per heavy atom. The summed E-state index contributed by atoms with van der Waals surface area (Å²) in [5, 5.41) is 3.53. The number of halogens is 1. The van der Waals surface area contributed by atoms with Crippen LogP contribution in [0.4, 0.5) is 10.1 Å². The molecule has 0 unspecified atom stereocenters. The molecule has 0 aliphatic carbocycles. The van der Waals surface area contributed by atoms with Crippen molar-refractivity contribution >= 4 is 11.6 Å². The molecule has 0 aromatic heterocycles. The van der Waals surface area contributed by atoms with Gasteiger partial charge in [0.1, 0.15) is 5.82 Å². The number of nitrogens with two attached hydrogens (primary N) is 1. The van der Waals surface area contributed by atoms with Crippen molar-refractivity contribution in [3.05, 3.63) is 65.5 Å². The topological polar surface area (TPSA) is 58.4 Å². The predicted molar refractivity (Wildman–Crippen MR) is 98.1 cm³/mol. The molecule has 1 fully saturated rings. The van der Waals surface area contributed by atoms with Gasteiger partial charge in [-0.25, -0.2) is 4.39 Å². The van der Waals surface area contributed by atoms with E-state index in [1.165, 1.54) is 17.7 Å². The fourth-order valence-electron chi connectivity index (χ4n) is 3.21. The van der Waals surface area contributed by atoms with Gasteiger partial charge in [-0.15, -0.1) is 0 Å². The summed E-state index contributed by atoms with van der Waals surface area (Å²) in [6, 6.07) is 14.5. The van der Waals surface area contributed by atoms with E-state index in [9.17, 15) is 9.18 Å². The highest BCUT2D eigenvalue weighted by molar-refractivity contribution is 5.93. The Hall–Kier alpha value is -2.40. The van der Waals surface area contributed by atoms with Crippen LogP contribution in [-0.4, -0.2) is 36.5 Å². The first kappa shape index (κ1) is 17.4.